The van der Waals surface area contributed by atoms with E-state index in [0.717, 1.165) is 22.1 Å². The zero-order valence-electron chi connectivity index (χ0n) is 9.60. The van der Waals surface area contributed by atoms with Crippen LogP contribution in [-0.4, -0.2) is 23.2 Å². The molecule has 0 unspecified atom stereocenters. The Hall–Kier alpha value is -1.01. The number of ether oxygens (including phenoxy) is 1. The minimum Gasteiger partial charge on any atom is -0.472 e. The van der Waals surface area contributed by atoms with E-state index in [1.54, 1.807) is 12.5 Å². The molecule has 0 fully saturated rings. The third kappa shape index (κ3) is 6.33. The van der Waals surface area contributed by atoms with Crippen molar-refractivity contribution in [2.24, 2.45) is 0 Å². The molecule has 0 radical (unpaired) electrons. The predicted molar refractivity (Wildman–Crippen MR) is 71.9 cm³/mol. The van der Waals surface area contributed by atoms with E-state index in [9.17, 15) is 4.79 Å². The van der Waals surface area contributed by atoms with Crippen molar-refractivity contribution in [2.45, 2.75) is 19.4 Å². The van der Waals surface area contributed by atoms with Crippen molar-refractivity contribution in [1.29, 1.82) is 0 Å². The van der Waals surface area contributed by atoms with Crippen LogP contribution in [0, 0.1) is 0 Å². The smallest absolute Gasteiger partial charge is 0.305 e. The second kappa shape index (κ2) is 8.14. The maximum atomic E-state index is 10.8. The van der Waals surface area contributed by atoms with Gasteiger partial charge < -0.3 is 14.5 Å². The molecule has 0 bridgehead atoms. The highest BCUT2D eigenvalue weighted by molar-refractivity contribution is 8.22. The summed E-state index contributed by atoms with van der Waals surface area (Å²) in [6, 6.07) is 1.89. The van der Waals surface area contributed by atoms with E-state index < -0.39 is 0 Å². The molecule has 1 rings (SSSR count). The molecule has 0 aromatic carbocycles. The Kier molecular flexibility index (Phi) is 6.73. The van der Waals surface area contributed by atoms with Gasteiger partial charge in [-0.05, 0) is 12.5 Å². The van der Waals surface area contributed by atoms with Crippen molar-refractivity contribution < 1.29 is 13.9 Å². The van der Waals surface area contributed by atoms with Crippen LogP contribution in [0.5, 0.6) is 0 Å². The Balaban J connectivity index is 2.03. The lowest BCUT2D eigenvalue weighted by Gasteiger charge is -2.05. The zero-order valence-corrected chi connectivity index (χ0v) is 11.2. The topological polar surface area (TPSA) is 51.5 Å². The van der Waals surface area contributed by atoms with Crippen LogP contribution in [0.1, 0.15) is 18.4 Å². The van der Waals surface area contributed by atoms with Gasteiger partial charge in [0, 0.05) is 24.3 Å². The van der Waals surface area contributed by atoms with Crippen LogP contribution >= 0.6 is 24.0 Å². The summed E-state index contributed by atoms with van der Waals surface area (Å²) >= 11 is 6.67. The first-order chi connectivity index (χ1) is 8.22. The summed E-state index contributed by atoms with van der Waals surface area (Å²) in [5, 5.41) is 3.11. The highest BCUT2D eigenvalue weighted by Gasteiger charge is 2.02. The molecule has 0 amide bonds. The number of rotatable bonds is 6. The first kappa shape index (κ1) is 14.1. The number of carbonyl (C=O) groups is 1. The van der Waals surface area contributed by atoms with E-state index in [4.69, 9.17) is 16.6 Å². The van der Waals surface area contributed by atoms with Gasteiger partial charge in [0.1, 0.15) is 4.32 Å². The molecule has 1 N–H and O–H groups in total. The number of carbonyl (C=O) groups excluding carboxylic acids is 1. The molecule has 1 aromatic rings. The summed E-state index contributed by atoms with van der Waals surface area (Å²) in [7, 11) is 1.40. The SMILES string of the molecule is COC(=O)CCCSC(=S)NCc1ccoc1. The number of thioether (sulfide) groups is 1. The fourth-order valence-corrected chi connectivity index (χ4v) is 2.07. The van der Waals surface area contributed by atoms with E-state index in [1.165, 1.54) is 18.9 Å². The number of hydrogen-bond donors (Lipinski definition) is 1. The molecular formula is C11H15NO3S2. The summed E-state index contributed by atoms with van der Waals surface area (Å²) in [6.45, 7) is 0.666. The van der Waals surface area contributed by atoms with E-state index >= 15 is 0 Å². The van der Waals surface area contributed by atoms with Crippen LogP contribution in [0.25, 0.3) is 0 Å². The predicted octanol–water partition coefficient (Wildman–Crippen LogP) is 2.34. The Morgan fingerprint density at radius 1 is 1.65 bits per heavy atom. The van der Waals surface area contributed by atoms with Gasteiger partial charge in [0.15, 0.2) is 0 Å². The molecule has 0 saturated carbocycles. The lowest BCUT2D eigenvalue weighted by molar-refractivity contribution is -0.140. The van der Waals surface area contributed by atoms with Gasteiger partial charge in [-0.15, -0.1) is 0 Å². The minimum atomic E-state index is -0.178. The van der Waals surface area contributed by atoms with Crippen molar-refractivity contribution >= 4 is 34.3 Å². The summed E-state index contributed by atoms with van der Waals surface area (Å²) < 4.78 is 10.2. The van der Waals surface area contributed by atoms with Crippen molar-refractivity contribution in [1.82, 2.24) is 5.32 Å². The molecular weight excluding hydrogens is 258 g/mol. The van der Waals surface area contributed by atoms with E-state index in [0.29, 0.717) is 13.0 Å². The third-order valence-electron chi connectivity index (χ3n) is 2.00. The van der Waals surface area contributed by atoms with Gasteiger partial charge in [-0.25, -0.2) is 0 Å². The van der Waals surface area contributed by atoms with Gasteiger partial charge in [0.2, 0.25) is 0 Å². The van der Waals surface area contributed by atoms with Gasteiger partial charge in [0.25, 0.3) is 0 Å². The van der Waals surface area contributed by atoms with Gasteiger partial charge >= 0.3 is 5.97 Å². The Labute approximate surface area is 110 Å². The van der Waals surface area contributed by atoms with Crippen LogP contribution in [0.2, 0.25) is 0 Å². The molecule has 0 aliphatic carbocycles. The lowest BCUT2D eigenvalue weighted by Crippen LogP contribution is -2.17. The number of esters is 1. The largest absolute Gasteiger partial charge is 0.472 e. The highest BCUT2D eigenvalue weighted by atomic mass is 32.2. The highest BCUT2D eigenvalue weighted by Crippen LogP contribution is 2.08. The molecule has 0 spiro atoms. The Morgan fingerprint density at radius 3 is 3.12 bits per heavy atom. The standard InChI is InChI=1S/C11H15NO3S2/c1-14-10(13)3-2-6-17-11(16)12-7-9-4-5-15-8-9/h4-5,8H,2-3,6-7H2,1H3,(H,12,16). The second-order valence-corrected chi connectivity index (χ2v) is 5.07. The number of furan rings is 1. The fourth-order valence-electron chi connectivity index (χ4n) is 1.10. The summed E-state index contributed by atoms with van der Waals surface area (Å²) in [5.41, 5.74) is 1.06. The second-order valence-electron chi connectivity index (χ2n) is 3.30. The Morgan fingerprint density at radius 2 is 2.47 bits per heavy atom. The first-order valence-electron chi connectivity index (χ1n) is 5.21. The van der Waals surface area contributed by atoms with E-state index in [1.807, 2.05) is 6.07 Å². The Bertz CT molecular complexity index is 352. The van der Waals surface area contributed by atoms with E-state index in [-0.39, 0.29) is 5.97 Å². The number of thiocarbonyl (C=S) groups is 1. The van der Waals surface area contributed by atoms with Gasteiger partial charge in [0.05, 0.1) is 19.6 Å². The molecule has 0 saturated heterocycles. The van der Waals surface area contributed by atoms with Crippen LogP contribution in [0.3, 0.4) is 0 Å². The quantitative estimate of drug-likeness (QED) is 0.488. The monoisotopic (exact) mass is 273 g/mol. The molecule has 0 aliphatic heterocycles. The van der Waals surface area contributed by atoms with Gasteiger partial charge in [-0.2, -0.15) is 0 Å². The molecule has 1 heterocycles. The molecule has 6 heteroatoms. The number of nitrogens with one attached hydrogen (secondary N) is 1. The maximum absolute atomic E-state index is 10.8. The van der Waals surface area contributed by atoms with Gasteiger partial charge in [-0.1, -0.05) is 24.0 Å². The molecule has 0 aliphatic rings. The van der Waals surface area contributed by atoms with Crippen molar-refractivity contribution in [3.8, 4) is 0 Å². The van der Waals surface area contributed by atoms with Crippen LogP contribution < -0.4 is 5.32 Å². The molecule has 0 atom stereocenters. The number of methoxy groups -OCH3 is 1. The molecule has 94 valence electrons. The lowest BCUT2D eigenvalue weighted by atomic mass is 10.3. The average Bonchev–Trinajstić information content (AvgIpc) is 2.84. The van der Waals surface area contributed by atoms with Gasteiger partial charge in [-0.3, -0.25) is 4.79 Å². The van der Waals surface area contributed by atoms with E-state index in [2.05, 4.69) is 10.1 Å². The number of hydrogen-bond acceptors (Lipinski definition) is 5. The van der Waals surface area contributed by atoms with Crippen molar-refractivity contribution in [2.75, 3.05) is 12.9 Å². The summed E-state index contributed by atoms with van der Waals surface area (Å²) in [4.78, 5) is 10.8. The zero-order chi connectivity index (χ0) is 12.5. The molecule has 17 heavy (non-hydrogen) atoms. The van der Waals surface area contributed by atoms with Crippen LogP contribution in [0.4, 0.5) is 0 Å². The first-order valence-corrected chi connectivity index (χ1v) is 6.60. The van der Waals surface area contributed by atoms with Crippen molar-refractivity contribution in [3.05, 3.63) is 24.2 Å². The summed E-state index contributed by atoms with van der Waals surface area (Å²) in [6.07, 6.45) is 4.51. The maximum Gasteiger partial charge on any atom is 0.305 e. The normalized spacial score (nSPS) is 9.94. The van der Waals surface area contributed by atoms with Crippen LogP contribution in [-0.2, 0) is 16.1 Å². The third-order valence-corrected chi connectivity index (χ3v) is 3.40. The molecule has 1 aromatic heterocycles. The molecule has 4 nitrogen and oxygen atoms in total. The summed E-state index contributed by atoms with van der Waals surface area (Å²) in [5.74, 6) is 0.634. The fraction of sp³-hybridized carbons (Fsp3) is 0.455. The van der Waals surface area contributed by atoms with Crippen LogP contribution in [0.15, 0.2) is 23.0 Å². The van der Waals surface area contributed by atoms with Crippen molar-refractivity contribution in [3.63, 3.8) is 0 Å². The minimum absolute atomic E-state index is 0.178. The average molecular weight is 273 g/mol.